The van der Waals surface area contributed by atoms with E-state index in [1.165, 1.54) is 0 Å². The number of halogens is 1. The van der Waals surface area contributed by atoms with E-state index in [1.54, 1.807) is 0 Å². The van der Waals surface area contributed by atoms with Crippen LogP contribution in [0.1, 0.15) is 6.92 Å². The molecule has 3 nitrogen and oxygen atoms in total. The zero-order chi connectivity index (χ0) is 11.7. The molecule has 0 amide bonds. The first-order valence-corrected chi connectivity index (χ1v) is 5.96. The Morgan fingerprint density at radius 1 is 1.38 bits per heavy atom. The molecule has 0 spiro atoms. The van der Waals surface area contributed by atoms with Crippen molar-refractivity contribution in [2.45, 2.75) is 13.0 Å². The van der Waals surface area contributed by atoms with Gasteiger partial charge in [-0.3, -0.25) is 0 Å². The van der Waals surface area contributed by atoms with Crippen molar-refractivity contribution in [1.82, 2.24) is 4.90 Å². The van der Waals surface area contributed by atoms with Crippen molar-refractivity contribution in [2.75, 3.05) is 37.3 Å². The van der Waals surface area contributed by atoms with Gasteiger partial charge in [0.2, 0.25) is 0 Å². The number of nitrogens with zero attached hydrogens (tertiary/aromatic N) is 2. The Kier molecular flexibility index (Phi) is 3.26. The van der Waals surface area contributed by atoms with Crippen LogP contribution in [0.25, 0.3) is 0 Å². The van der Waals surface area contributed by atoms with Gasteiger partial charge in [-0.2, -0.15) is 0 Å². The zero-order valence-electron chi connectivity index (χ0n) is 9.78. The topological polar surface area (TPSA) is 32.5 Å². The van der Waals surface area contributed by atoms with E-state index >= 15 is 0 Å². The Morgan fingerprint density at radius 2 is 2.12 bits per heavy atom. The van der Waals surface area contributed by atoms with Gasteiger partial charge in [0, 0.05) is 31.4 Å². The number of hydrogen-bond acceptors (Lipinski definition) is 3. The minimum absolute atomic E-state index is 0.470. The summed E-state index contributed by atoms with van der Waals surface area (Å²) in [6, 6.07) is 6.15. The first-order chi connectivity index (χ1) is 7.58. The molecule has 1 aromatic rings. The molecule has 1 heterocycles. The molecule has 1 fully saturated rings. The summed E-state index contributed by atoms with van der Waals surface area (Å²) in [5.74, 6) is 0. The summed E-state index contributed by atoms with van der Waals surface area (Å²) in [6.45, 7) is 5.34. The Morgan fingerprint density at radius 3 is 2.81 bits per heavy atom. The Hall–Kier alpha value is -0.930. The van der Waals surface area contributed by atoms with E-state index in [0.717, 1.165) is 36.0 Å². The molecular formula is C12H18ClN3. The Bertz CT molecular complexity index is 381. The lowest BCUT2D eigenvalue weighted by Gasteiger charge is -2.40. The highest BCUT2D eigenvalue weighted by atomic mass is 35.5. The number of anilines is 2. The van der Waals surface area contributed by atoms with Gasteiger partial charge in [-0.1, -0.05) is 11.6 Å². The normalized spacial score (nSPS) is 22.4. The van der Waals surface area contributed by atoms with Crippen LogP contribution >= 0.6 is 11.6 Å². The van der Waals surface area contributed by atoms with Gasteiger partial charge in [0.1, 0.15) is 0 Å². The summed E-state index contributed by atoms with van der Waals surface area (Å²) in [5.41, 5.74) is 7.64. The van der Waals surface area contributed by atoms with E-state index in [9.17, 15) is 0 Å². The van der Waals surface area contributed by atoms with Crippen LogP contribution in [0.2, 0.25) is 5.02 Å². The van der Waals surface area contributed by atoms with E-state index in [1.807, 2.05) is 18.2 Å². The molecule has 1 aliphatic rings. The van der Waals surface area contributed by atoms with Crippen molar-refractivity contribution >= 4 is 23.0 Å². The molecule has 1 unspecified atom stereocenters. The molecule has 1 atom stereocenters. The predicted molar refractivity (Wildman–Crippen MR) is 70.2 cm³/mol. The first kappa shape index (κ1) is 11.6. The average Bonchev–Trinajstić information content (AvgIpc) is 2.22. The largest absolute Gasteiger partial charge is 0.399 e. The lowest BCUT2D eigenvalue weighted by molar-refractivity contribution is 0.275. The fourth-order valence-electron chi connectivity index (χ4n) is 2.25. The smallest absolute Gasteiger partial charge is 0.0641 e. The monoisotopic (exact) mass is 239 g/mol. The molecule has 0 bridgehead atoms. The molecule has 2 rings (SSSR count). The molecule has 1 aromatic carbocycles. The zero-order valence-corrected chi connectivity index (χ0v) is 10.5. The summed E-state index contributed by atoms with van der Waals surface area (Å²) < 4.78 is 0. The van der Waals surface area contributed by atoms with Gasteiger partial charge in [0.05, 0.1) is 10.7 Å². The third kappa shape index (κ3) is 2.25. The number of rotatable bonds is 1. The summed E-state index contributed by atoms with van der Waals surface area (Å²) in [7, 11) is 2.15. The maximum Gasteiger partial charge on any atom is 0.0641 e. The quantitative estimate of drug-likeness (QED) is 0.762. The van der Waals surface area contributed by atoms with Crippen molar-refractivity contribution in [1.29, 1.82) is 0 Å². The standard InChI is InChI=1S/C12H18ClN3/c1-9-8-15(2)5-6-16(9)12-7-10(14)3-4-11(12)13/h3-4,7,9H,5-6,8,14H2,1-2H3. The third-order valence-corrected chi connectivity index (χ3v) is 3.43. The molecule has 1 aliphatic heterocycles. The van der Waals surface area contributed by atoms with Crippen LogP contribution < -0.4 is 10.6 Å². The van der Waals surface area contributed by atoms with Crippen molar-refractivity contribution in [2.24, 2.45) is 0 Å². The molecule has 0 radical (unpaired) electrons. The molecule has 16 heavy (non-hydrogen) atoms. The molecule has 0 saturated carbocycles. The van der Waals surface area contributed by atoms with Gasteiger partial charge in [-0.05, 0) is 32.2 Å². The summed E-state index contributed by atoms with van der Waals surface area (Å²) in [6.07, 6.45) is 0. The second-order valence-electron chi connectivity index (χ2n) is 4.52. The van der Waals surface area contributed by atoms with Crippen molar-refractivity contribution in [3.63, 3.8) is 0 Å². The Balaban J connectivity index is 2.26. The second-order valence-corrected chi connectivity index (χ2v) is 4.92. The van der Waals surface area contributed by atoms with E-state index in [-0.39, 0.29) is 0 Å². The fourth-order valence-corrected chi connectivity index (χ4v) is 2.47. The van der Waals surface area contributed by atoms with Gasteiger partial charge in [0.25, 0.3) is 0 Å². The number of likely N-dealkylation sites (N-methyl/N-ethyl adjacent to an activating group) is 1. The minimum Gasteiger partial charge on any atom is -0.399 e. The third-order valence-electron chi connectivity index (χ3n) is 3.11. The van der Waals surface area contributed by atoms with E-state index < -0.39 is 0 Å². The van der Waals surface area contributed by atoms with Crippen molar-refractivity contribution < 1.29 is 0 Å². The first-order valence-electron chi connectivity index (χ1n) is 5.58. The van der Waals surface area contributed by atoms with Gasteiger partial charge in [-0.25, -0.2) is 0 Å². The van der Waals surface area contributed by atoms with Crippen molar-refractivity contribution in [3.05, 3.63) is 23.2 Å². The second kappa shape index (κ2) is 4.52. The van der Waals surface area contributed by atoms with Gasteiger partial charge < -0.3 is 15.5 Å². The lowest BCUT2D eigenvalue weighted by Crippen LogP contribution is -2.50. The van der Waals surface area contributed by atoms with Gasteiger partial charge in [0.15, 0.2) is 0 Å². The number of nitrogens with two attached hydrogens (primary N) is 1. The maximum atomic E-state index is 6.22. The van der Waals surface area contributed by atoms with Crippen LogP contribution in [0, 0.1) is 0 Å². The van der Waals surface area contributed by atoms with Crippen LogP contribution in [0.5, 0.6) is 0 Å². The van der Waals surface area contributed by atoms with Gasteiger partial charge in [-0.15, -0.1) is 0 Å². The molecule has 88 valence electrons. The molecule has 1 saturated heterocycles. The summed E-state index contributed by atoms with van der Waals surface area (Å²) in [5, 5.41) is 0.783. The SMILES string of the molecule is CC1CN(C)CCN1c1cc(N)ccc1Cl. The van der Waals surface area contributed by atoms with Crippen LogP contribution in [0.3, 0.4) is 0 Å². The summed E-state index contributed by atoms with van der Waals surface area (Å²) in [4.78, 5) is 4.67. The highest BCUT2D eigenvalue weighted by Gasteiger charge is 2.23. The molecule has 0 aromatic heterocycles. The highest BCUT2D eigenvalue weighted by Crippen LogP contribution is 2.30. The van der Waals surface area contributed by atoms with E-state index in [2.05, 4.69) is 23.8 Å². The number of piperazine rings is 1. The van der Waals surface area contributed by atoms with Crippen LogP contribution in [0.4, 0.5) is 11.4 Å². The van der Waals surface area contributed by atoms with Crippen LogP contribution in [-0.2, 0) is 0 Å². The Labute approximate surface area is 102 Å². The van der Waals surface area contributed by atoms with E-state index in [4.69, 9.17) is 17.3 Å². The van der Waals surface area contributed by atoms with E-state index in [0.29, 0.717) is 6.04 Å². The summed E-state index contributed by atoms with van der Waals surface area (Å²) >= 11 is 6.22. The fraction of sp³-hybridized carbons (Fsp3) is 0.500. The molecule has 4 heteroatoms. The predicted octanol–water partition coefficient (Wildman–Crippen LogP) is 2.06. The number of benzene rings is 1. The van der Waals surface area contributed by atoms with Gasteiger partial charge >= 0.3 is 0 Å². The highest BCUT2D eigenvalue weighted by molar-refractivity contribution is 6.33. The average molecular weight is 240 g/mol. The minimum atomic E-state index is 0.470. The van der Waals surface area contributed by atoms with Crippen LogP contribution in [0.15, 0.2) is 18.2 Å². The molecule has 0 aliphatic carbocycles. The lowest BCUT2D eigenvalue weighted by atomic mass is 10.1. The molecular weight excluding hydrogens is 222 g/mol. The number of nitrogen functional groups attached to an aromatic ring is 1. The van der Waals surface area contributed by atoms with Crippen molar-refractivity contribution in [3.8, 4) is 0 Å². The molecule has 2 N–H and O–H groups in total. The number of hydrogen-bond donors (Lipinski definition) is 1. The van der Waals surface area contributed by atoms with Crippen LogP contribution in [-0.4, -0.2) is 37.6 Å². The maximum absolute atomic E-state index is 6.22.